The van der Waals surface area contributed by atoms with Crippen molar-refractivity contribution in [3.63, 3.8) is 0 Å². The van der Waals surface area contributed by atoms with Crippen molar-refractivity contribution in [3.8, 4) is 0 Å². The van der Waals surface area contributed by atoms with E-state index in [2.05, 4.69) is 4.98 Å². The summed E-state index contributed by atoms with van der Waals surface area (Å²) in [6, 6.07) is 2.90. The van der Waals surface area contributed by atoms with Crippen molar-refractivity contribution in [3.05, 3.63) is 22.2 Å². The Bertz CT molecular complexity index is 520. The molecule has 8 heteroatoms. The van der Waals surface area contributed by atoms with Crippen LogP contribution in [-0.2, 0) is 4.74 Å². The fourth-order valence-corrected chi connectivity index (χ4v) is 2.35. The molecule has 0 aromatic carbocycles. The molecule has 1 unspecified atom stereocenters. The predicted octanol–water partition coefficient (Wildman–Crippen LogP) is 0.548. The summed E-state index contributed by atoms with van der Waals surface area (Å²) in [7, 11) is 0. The molecule has 3 N–H and O–H groups in total. The number of aliphatic hydroxyl groups is 1. The number of rotatable bonds is 3. The van der Waals surface area contributed by atoms with Crippen LogP contribution in [0.5, 0.6) is 0 Å². The third kappa shape index (κ3) is 2.97. The van der Waals surface area contributed by atoms with Gasteiger partial charge in [0, 0.05) is 19.2 Å². The van der Waals surface area contributed by atoms with Gasteiger partial charge in [-0.3, -0.25) is 10.1 Å². The lowest BCUT2D eigenvalue weighted by atomic mass is 10.1. The maximum atomic E-state index is 10.7. The second-order valence-corrected chi connectivity index (χ2v) is 5.39. The fraction of sp³-hybridized carbons (Fsp3) is 0.583. The molecule has 110 valence electrons. The first-order chi connectivity index (χ1) is 9.32. The van der Waals surface area contributed by atoms with Crippen LogP contribution < -0.4 is 10.6 Å². The lowest BCUT2D eigenvalue weighted by Crippen LogP contribution is -2.54. The number of hydrogen-bond acceptors (Lipinski definition) is 7. The van der Waals surface area contributed by atoms with Crippen molar-refractivity contribution in [2.24, 2.45) is 0 Å². The smallest absolute Gasteiger partial charge is 0.311 e. The summed E-state index contributed by atoms with van der Waals surface area (Å²) in [6.45, 7) is 4.76. The van der Waals surface area contributed by atoms with E-state index in [1.807, 2.05) is 18.7 Å². The van der Waals surface area contributed by atoms with E-state index in [4.69, 9.17) is 10.5 Å². The number of anilines is 2. The molecule has 1 atom stereocenters. The Balaban J connectivity index is 2.26. The summed E-state index contributed by atoms with van der Waals surface area (Å²) in [5.41, 5.74) is 4.95. The normalized spacial score (nSPS) is 21.8. The third-order valence-electron chi connectivity index (χ3n) is 3.09. The standard InChI is InChI=1S/C12H18N4O4/c1-12(2)7-15(5-8(6-17)20-12)10-4-3-9(16(18)19)11(13)14-10/h3-4,8,17H,5-7H2,1-2H3,(H2,13,14). The monoisotopic (exact) mass is 282 g/mol. The molecule has 8 nitrogen and oxygen atoms in total. The molecule has 0 aliphatic carbocycles. The molecule has 1 aromatic rings. The Morgan fingerprint density at radius 1 is 1.65 bits per heavy atom. The van der Waals surface area contributed by atoms with Gasteiger partial charge in [0.1, 0.15) is 5.82 Å². The zero-order valence-corrected chi connectivity index (χ0v) is 11.4. The first-order valence-electron chi connectivity index (χ1n) is 6.27. The summed E-state index contributed by atoms with van der Waals surface area (Å²) in [6.07, 6.45) is -0.322. The van der Waals surface area contributed by atoms with Crippen LogP contribution in [0.4, 0.5) is 17.3 Å². The summed E-state index contributed by atoms with van der Waals surface area (Å²) >= 11 is 0. The highest BCUT2D eigenvalue weighted by molar-refractivity contribution is 5.58. The largest absolute Gasteiger partial charge is 0.394 e. The average molecular weight is 282 g/mol. The highest BCUT2D eigenvalue weighted by Crippen LogP contribution is 2.28. The molecule has 0 radical (unpaired) electrons. The van der Waals surface area contributed by atoms with Crippen molar-refractivity contribution in [1.29, 1.82) is 0 Å². The van der Waals surface area contributed by atoms with Crippen molar-refractivity contribution in [1.82, 2.24) is 4.98 Å². The van der Waals surface area contributed by atoms with Crippen LogP contribution in [-0.4, -0.2) is 46.4 Å². The Morgan fingerprint density at radius 3 is 2.90 bits per heavy atom. The maximum absolute atomic E-state index is 10.7. The predicted molar refractivity (Wildman–Crippen MR) is 73.6 cm³/mol. The Kier molecular flexibility index (Phi) is 3.78. The van der Waals surface area contributed by atoms with E-state index in [1.54, 1.807) is 6.07 Å². The summed E-state index contributed by atoms with van der Waals surface area (Å²) < 4.78 is 5.71. The number of nitrogens with two attached hydrogens (primary N) is 1. The third-order valence-corrected chi connectivity index (χ3v) is 3.09. The maximum Gasteiger partial charge on any atom is 0.311 e. The van der Waals surface area contributed by atoms with Crippen LogP contribution in [0, 0.1) is 10.1 Å². The Labute approximate surface area is 116 Å². The fourth-order valence-electron chi connectivity index (χ4n) is 2.35. The van der Waals surface area contributed by atoms with Crippen LogP contribution in [0.25, 0.3) is 0 Å². The van der Waals surface area contributed by atoms with Gasteiger partial charge in [0.05, 0.1) is 23.2 Å². The number of morpholine rings is 1. The highest BCUT2D eigenvalue weighted by atomic mass is 16.6. The average Bonchev–Trinajstić information content (AvgIpc) is 2.36. The SMILES string of the molecule is CC1(C)CN(c2ccc([N+](=O)[O-])c(N)n2)CC(CO)O1. The van der Waals surface area contributed by atoms with E-state index < -0.39 is 10.5 Å². The van der Waals surface area contributed by atoms with E-state index in [0.29, 0.717) is 18.9 Å². The molecule has 0 bridgehead atoms. The van der Waals surface area contributed by atoms with E-state index in [-0.39, 0.29) is 24.2 Å². The van der Waals surface area contributed by atoms with Gasteiger partial charge in [-0.15, -0.1) is 0 Å². The van der Waals surface area contributed by atoms with Crippen molar-refractivity contribution in [2.45, 2.75) is 25.6 Å². The zero-order chi connectivity index (χ0) is 14.9. The van der Waals surface area contributed by atoms with Crippen molar-refractivity contribution in [2.75, 3.05) is 30.3 Å². The Morgan fingerprint density at radius 2 is 2.35 bits per heavy atom. The number of pyridine rings is 1. The van der Waals surface area contributed by atoms with Crippen LogP contribution in [0.15, 0.2) is 12.1 Å². The van der Waals surface area contributed by atoms with E-state index >= 15 is 0 Å². The number of nitrogen functional groups attached to an aromatic ring is 1. The van der Waals surface area contributed by atoms with E-state index in [1.165, 1.54) is 6.07 Å². The second kappa shape index (κ2) is 5.22. The summed E-state index contributed by atoms with van der Waals surface area (Å²) in [5, 5.41) is 20.0. The molecule has 2 rings (SSSR count). The molecular formula is C12H18N4O4. The minimum atomic E-state index is -0.564. The lowest BCUT2D eigenvalue weighted by molar-refractivity contribution is -0.384. The van der Waals surface area contributed by atoms with Crippen molar-refractivity contribution >= 4 is 17.3 Å². The minimum Gasteiger partial charge on any atom is -0.394 e. The molecule has 1 aromatic heterocycles. The molecule has 2 heterocycles. The van der Waals surface area contributed by atoms with Gasteiger partial charge >= 0.3 is 5.69 Å². The quantitative estimate of drug-likeness (QED) is 0.614. The molecule has 1 aliphatic rings. The molecule has 20 heavy (non-hydrogen) atoms. The molecule has 1 saturated heterocycles. The first kappa shape index (κ1) is 14.5. The van der Waals surface area contributed by atoms with E-state index in [0.717, 1.165) is 0 Å². The van der Waals surface area contributed by atoms with Gasteiger partial charge in [0.25, 0.3) is 0 Å². The lowest BCUT2D eigenvalue weighted by Gasteiger charge is -2.42. The zero-order valence-electron chi connectivity index (χ0n) is 11.4. The number of aromatic nitrogens is 1. The Hall–Kier alpha value is -1.93. The molecule has 1 aliphatic heterocycles. The molecule has 1 fully saturated rings. The number of ether oxygens (including phenoxy) is 1. The number of nitrogens with zero attached hydrogens (tertiary/aromatic N) is 3. The molecule has 0 saturated carbocycles. The number of hydrogen-bond donors (Lipinski definition) is 2. The topological polar surface area (TPSA) is 115 Å². The van der Waals surface area contributed by atoms with Gasteiger partial charge in [-0.05, 0) is 19.9 Å². The van der Waals surface area contributed by atoms with Gasteiger partial charge in [-0.25, -0.2) is 4.98 Å². The summed E-state index contributed by atoms with van der Waals surface area (Å²) in [5.74, 6) is 0.431. The van der Waals surface area contributed by atoms with Gasteiger partial charge in [0.2, 0.25) is 5.82 Å². The number of aliphatic hydroxyl groups excluding tert-OH is 1. The van der Waals surface area contributed by atoms with Gasteiger partial charge < -0.3 is 20.5 Å². The highest BCUT2D eigenvalue weighted by Gasteiger charge is 2.34. The van der Waals surface area contributed by atoms with Crippen LogP contribution in [0.1, 0.15) is 13.8 Å². The molecule has 0 amide bonds. The van der Waals surface area contributed by atoms with Gasteiger partial charge in [-0.2, -0.15) is 0 Å². The summed E-state index contributed by atoms with van der Waals surface area (Å²) in [4.78, 5) is 16.2. The molecule has 0 spiro atoms. The van der Waals surface area contributed by atoms with E-state index in [9.17, 15) is 15.2 Å². The van der Waals surface area contributed by atoms with Gasteiger partial charge in [-0.1, -0.05) is 0 Å². The second-order valence-electron chi connectivity index (χ2n) is 5.39. The van der Waals surface area contributed by atoms with Crippen LogP contribution >= 0.6 is 0 Å². The van der Waals surface area contributed by atoms with Crippen LogP contribution in [0.2, 0.25) is 0 Å². The minimum absolute atomic E-state index is 0.0948. The molecular weight excluding hydrogens is 264 g/mol. The van der Waals surface area contributed by atoms with Gasteiger partial charge in [0.15, 0.2) is 0 Å². The van der Waals surface area contributed by atoms with Crippen molar-refractivity contribution < 1.29 is 14.8 Å². The first-order valence-corrected chi connectivity index (χ1v) is 6.27. The number of nitro groups is 1. The van der Waals surface area contributed by atoms with Crippen LogP contribution in [0.3, 0.4) is 0 Å².